The third-order valence-corrected chi connectivity index (χ3v) is 4.19. The van der Waals surface area contributed by atoms with Gasteiger partial charge in [-0.1, -0.05) is 17.4 Å². The van der Waals surface area contributed by atoms with Gasteiger partial charge in [0, 0.05) is 17.2 Å². The molecule has 0 atom stereocenters. The minimum Gasteiger partial charge on any atom is -0.465 e. The summed E-state index contributed by atoms with van der Waals surface area (Å²) in [5, 5.41) is 13.7. The summed E-state index contributed by atoms with van der Waals surface area (Å²) in [7, 11) is 1.26. The lowest BCUT2D eigenvalue weighted by Gasteiger charge is -2.05. The van der Waals surface area contributed by atoms with Crippen molar-refractivity contribution in [2.45, 2.75) is 13.8 Å². The molecule has 1 aromatic heterocycles. The fraction of sp³-hybridized carbons (Fsp3) is 0.214. The Balaban J connectivity index is 2.28. The Morgan fingerprint density at radius 1 is 1.35 bits per heavy atom. The number of anilines is 1. The molecule has 0 aliphatic rings. The molecule has 23 heavy (non-hydrogen) atoms. The van der Waals surface area contributed by atoms with Crippen molar-refractivity contribution in [2.24, 2.45) is 0 Å². The largest absolute Gasteiger partial charge is 0.465 e. The predicted molar refractivity (Wildman–Crippen MR) is 84.0 cm³/mol. The van der Waals surface area contributed by atoms with Crippen LogP contribution in [0, 0.1) is 24.0 Å². The molecule has 0 saturated heterocycles. The number of nitro benzene ring substituents is 1. The Bertz CT molecular complexity index is 800. The van der Waals surface area contributed by atoms with Gasteiger partial charge in [0.15, 0.2) is 5.13 Å². The van der Waals surface area contributed by atoms with Gasteiger partial charge in [-0.25, -0.2) is 9.78 Å². The average molecular weight is 335 g/mol. The van der Waals surface area contributed by atoms with Crippen LogP contribution in [-0.2, 0) is 4.74 Å². The van der Waals surface area contributed by atoms with Crippen LogP contribution >= 0.6 is 11.3 Å². The highest BCUT2D eigenvalue weighted by molar-refractivity contribution is 7.17. The zero-order valence-corrected chi connectivity index (χ0v) is 13.4. The van der Waals surface area contributed by atoms with Crippen molar-refractivity contribution < 1.29 is 19.2 Å². The Hall–Kier alpha value is -2.81. The van der Waals surface area contributed by atoms with Crippen LogP contribution in [0.2, 0.25) is 0 Å². The molecule has 2 aromatic rings. The van der Waals surface area contributed by atoms with Crippen LogP contribution in [0.5, 0.6) is 0 Å². The topological polar surface area (TPSA) is 111 Å². The molecule has 120 valence electrons. The van der Waals surface area contributed by atoms with E-state index in [0.29, 0.717) is 10.6 Å². The molecular weight excluding hydrogens is 322 g/mol. The molecule has 1 heterocycles. The van der Waals surface area contributed by atoms with Crippen LogP contribution < -0.4 is 5.32 Å². The Morgan fingerprint density at radius 2 is 2.04 bits per heavy atom. The van der Waals surface area contributed by atoms with Gasteiger partial charge < -0.3 is 4.74 Å². The highest BCUT2D eigenvalue weighted by atomic mass is 32.1. The molecule has 0 bridgehead atoms. The first-order valence-electron chi connectivity index (χ1n) is 6.46. The molecule has 0 unspecified atom stereocenters. The number of aryl methyl sites for hydroxylation is 1. The molecule has 8 nitrogen and oxygen atoms in total. The van der Waals surface area contributed by atoms with Gasteiger partial charge in [0.2, 0.25) is 0 Å². The number of ether oxygens (including phenoxy) is 1. The van der Waals surface area contributed by atoms with E-state index in [0.717, 1.165) is 11.3 Å². The van der Waals surface area contributed by atoms with Gasteiger partial charge in [0.05, 0.1) is 17.7 Å². The predicted octanol–water partition coefficient (Wildman–Crippen LogP) is 2.71. The van der Waals surface area contributed by atoms with Crippen LogP contribution in [0.1, 0.15) is 31.3 Å². The van der Waals surface area contributed by atoms with Gasteiger partial charge in [-0.2, -0.15) is 0 Å². The second-order valence-electron chi connectivity index (χ2n) is 4.59. The van der Waals surface area contributed by atoms with Gasteiger partial charge in [-0.3, -0.25) is 20.2 Å². The second kappa shape index (κ2) is 6.53. The van der Waals surface area contributed by atoms with E-state index in [-0.39, 0.29) is 21.9 Å². The van der Waals surface area contributed by atoms with Crippen molar-refractivity contribution in [3.05, 3.63) is 50.0 Å². The van der Waals surface area contributed by atoms with E-state index in [9.17, 15) is 19.7 Å². The van der Waals surface area contributed by atoms with E-state index in [2.05, 4.69) is 15.0 Å². The molecule has 0 aliphatic carbocycles. The summed E-state index contributed by atoms with van der Waals surface area (Å²) in [5.41, 5.74) is 0.735. The number of esters is 1. The Labute approximate surface area is 135 Å². The lowest BCUT2D eigenvalue weighted by molar-refractivity contribution is -0.385. The van der Waals surface area contributed by atoms with Gasteiger partial charge >= 0.3 is 5.97 Å². The van der Waals surface area contributed by atoms with Crippen molar-refractivity contribution in [1.29, 1.82) is 0 Å². The number of hydrogen-bond donors (Lipinski definition) is 1. The molecule has 1 N–H and O–H groups in total. The zero-order valence-electron chi connectivity index (χ0n) is 12.6. The minimum absolute atomic E-state index is 0.136. The van der Waals surface area contributed by atoms with Crippen molar-refractivity contribution in [3.8, 4) is 0 Å². The van der Waals surface area contributed by atoms with Crippen LogP contribution in [0.3, 0.4) is 0 Å². The molecule has 1 amide bonds. The molecule has 0 spiro atoms. The van der Waals surface area contributed by atoms with Gasteiger partial charge in [-0.05, 0) is 19.9 Å². The SMILES string of the molecule is COC(=O)c1sc(NC(=O)c2cccc([N+](=O)[O-])c2C)nc1C. The highest BCUT2D eigenvalue weighted by Gasteiger charge is 2.21. The van der Waals surface area contributed by atoms with E-state index >= 15 is 0 Å². The van der Waals surface area contributed by atoms with E-state index in [1.165, 1.54) is 32.2 Å². The standard InChI is InChI=1S/C14H13N3O5S/c1-7-9(5-4-6-10(7)17(20)21)12(18)16-14-15-8(2)11(23-14)13(19)22-3/h4-6H,1-3H3,(H,15,16,18). The first-order valence-corrected chi connectivity index (χ1v) is 7.28. The quantitative estimate of drug-likeness (QED) is 0.522. The molecule has 9 heteroatoms. The maximum absolute atomic E-state index is 12.3. The number of carbonyl (C=O) groups excluding carboxylic acids is 2. The second-order valence-corrected chi connectivity index (χ2v) is 5.59. The van der Waals surface area contributed by atoms with E-state index in [1.807, 2.05) is 0 Å². The number of amides is 1. The maximum atomic E-state index is 12.3. The number of carbonyl (C=O) groups is 2. The fourth-order valence-electron chi connectivity index (χ4n) is 1.96. The average Bonchev–Trinajstić information content (AvgIpc) is 2.86. The highest BCUT2D eigenvalue weighted by Crippen LogP contribution is 2.25. The first-order chi connectivity index (χ1) is 10.8. The monoisotopic (exact) mass is 335 g/mol. The lowest BCUT2D eigenvalue weighted by atomic mass is 10.1. The van der Waals surface area contributed by atoms with Crippen molar-refractivity contribution in [1.82, 2.24) is 4.98 Å². The number of methoxy groups -OCH3 is 1. The zero-order chi connectivity index (χ0) is 17.1. The molecule has 0 saturated carbocycles. The molecule has 0 fully saturated rings. The number of rotatable bonds is 4. The van der Waals surface area contributed by atoms with E-state index in [1.54, 1.807) is 6.92 Å². The Kier molecular flexibility index (Phi) is 4.70. The number of nitrogens with zero attached hydrogens (tertiary/aromatic N) is 2. The molecular formula is C14H13N3O5S. The smallest absolute Gasteiger partial charge is 0.350 e. The first kappa shape index (κ1) is 16.6. The number of nitrogens with one attached hydrogen (secondary N) is 1. The summed E-state index contributed by atoms with van der Waals surface area (Å²) in [6, 6.07) is 4.25. The normalized spacial score (nSPS) is 10.2. The summed E-state index contributed by atoms with van der Waals surface area (Å²) in [5.74, 6) is -1.07. The Morgan fingerprint density at radius 3 is 2.65 bits per heavy atom. The minimum atomic E-state index is -0.547. The molecule has 2 rings (SSSR count). The van der Waals surface area contributed by atoms with Gasteiger partial charge in [0.25, 0.3) is 11.6 Å². The number of benzene rings is 1. The van der Waals surface area contributed by atoms with Gasteiger partial charge in [-0.15, -0.1) is 0 Å². The molecule has 0 radical (unpaired) electrons. The third-order valence-electron chi connectivity index (χ3n) is 3.13. The summed E-state index contributed by atoms with van der Waals surface area (Å²) in [6.45, 7) is 3.12. The number of thiazole rings is 1. The lowest BCUT2D eigenvalue weighted by Crippen LogP contribution is -2.14. The number of hydrogen-bond acceptors (Lipinski definition) is 7. The van der Waals surface area contributed by atoms with Crippen molar-refractivity contribution >= 4 is 34.0 Å². The summed E-state index contributed by atoms with van der Waals surface area (Å²) in [4.78, 5) is 38.6. The van der Waals surface area contributed by atoms with Gasteiger partial charge in [0.1, 0.15) is 4.88 Å². The molecule has 1 aromatic carbocycles. The summed E-state index contributed by atoms with van der Waals surface area (Å²) >= 11 is 0.980. The van der Waals surface area contributed by atoms with E-state index < -0.39 is 16.8 Å². The maximum Gasteiger partial charge on any atom is 0.350 e. The van der Waals surface area contributed by atoms with E-state index in [4.69, 9.17) is 0 Å². The van der Waals surface area contributed by atoms with Crippen molar-refractivity contribution in [2.75, 3.05) is 12.4 Å². The fourth-order valence-corrected chi connectivity index (χ4v) is 2.84. The third kappa shape index (κ3) is 3.34. The number of aromatic nitrogens is 1. The molecule has 0 aliphatic heterocycles. The van der Waals surface area contributed by atoms with Crippen LogP contribution in [0.4, 0.5) is 10.8 Å². The summed E-state index contributed by atoms with van der Waals surface area (Å²) in [6.07, 6.45) is 0. The van der Waals surface area contributed by atoms with Crippen LogP contribution in [0.25, 0.3) is 0 Å². The summed E-state index contributed by atoms with van der Waals surface area (Å²) < 4.78 is 4.63. The number of nitro groups is 1. The van der Waals surface area contributed by atoms with Crippen LogP contribution in [0.15, 0.2) is 18.2 Å². The van der Waals surface area contributed by atoms with Crippen molar-refractivity contribution in [3.63, 3.8) is 0 Å². The van der Waals surface area contributed by atoms with Crippen LogP contribution in [-0.4, -0.2) is 28.9 Å².